The predicted octanol–water partition coefficient (Wildman–Crippen LogP) is 4.22. The number of carbonyl (C=O) groups excluding carboxylic acids is 2. The van der Waals surface area contributed by atoms with Crippen LogP contribution in [0.25, 0.3) is 0 Å². The van der Waals surface area contributed by atoms with Gasteiger partial charge in [-0.3, -0.25) is 14.9 Å². The van der Waals surface area contributed by atoms with Gasteiger partial charge in [-0.25, -0.2) is 0 Å². The first kappa shape index (κ1) is 23.0. The molecule has 31 heavy (non-hydrogen) atoms. The molecule has 2 aromatic carbocycles. The van der Waals surface area contributed by atoms with Crippen molar-refractivity contribution in [3.63, 3.8) is 0 Å². The molecule has 0 saturated carbocycles. The van der Waals surface area contributed by atoms with Crippen LogP contribution in [0.4, 0.5) is 11.4 Å². The Kier molecular flexibility index (Phi) is 7.87. The second-order valence-electron chi connectivity index (χ2n) is 7.56. The number of aryl methyl sites for hydroxylation is 1. The topological polar surface area (TPSA) is 64.7 Å². The van der Waals surface area contributed by atoms with Crippen molar-refractivity contribution in [1.82, 2.24) is 10.2 Å². The van der Waals surface area contributed by atoms with Gasteiger partial charge >= 0.3 is 0 Å². The number of amides is 2. The molecule has 1 saturated heterocycles. The van der Waals surface area contributed by atoms with Gasteiger partial charge in [0.25, 0.3) is 5.91 Å². The number of hydrogen-bond donors (Lipinski definition) is 2. The number of nitrogens with zero attached hydrogens (tertiary/aromatic N) is 2. The molecule has 1 aliphatic heterocycles. The Balaban J connectivity index is 1.52. The maximum absolute atomic E-state index is 12.4. The molecular formula is C23H27ClN4O2S. The maximum atomic E-state index is 12.4. The van der Waals surface area contributed by atoms with E-state index in [1.807, 2.05) is 49.1 Å². The van der Waals surface area contributed by atoms with E-state index in [0.29, 0.717) is 17.0 Å². The van der Waals surface area contributed by atoms with Gasteiger partial charge in [-0.05, 0) is 67.5 Å². The van der Waals surface area contributed by atoms with Gasteiger partial charge in [0, 0.05) is 44.0 Å². The number of thiocarbonyl (C=S) groups is 1. The minimum Gasteiger partial charge on any atom is -0.368 e. The van der Waals surface area contributed by atoms with Crippen molar-refractivity contribution >= 4 is 52.1 Å². The van der Waals surface area contributed by atoms with E-state index in [-0.39, 0.29) is 16.9 Å². The lowest BCUT2D eigenvalue weighted by Crippen LogP contribution is -2.48. The third kappa shape index (κ3) is 6.18. The van der Waals surface area contributed by atoms with Gasteiger partial charge in [0.2, 0.25) is 5.91 Å². The fraction of sp³-hybridized carbons (Fsp3) is 0.348. The van der Waals surface area contributed by atoms with Crippen molar-refractivity contribution in [2.75, 3.05) is 36.4 Å². The fourth-order valence-electron chi connectivity index (χ4n) is 3.48. The van der Waals surface area contributed by atoms with Crippen LogP contribution in [0.5, 0.6) is 0 Å². The number of rotatable bonds is 5. The van der Waals surface area contributed by atoms with Crippen LogP contribution in [0.15, 0.2) is 42.5 Å². The Bertz CT molecular complexity index is 957. The number of benzene rings is 2. The molecule has 8 heteroatoms. The van der Waals surface area contributed by atoms with Crippen molar-refractivity contribution in [1.29, 1.82) is 0 Å². The standard InChI is InChI=1S/C23H27ClN4O2S/c1-3-4-21(29)28-13-11-27(12-14-28)18-8-6-17(7-9-18)25-23(31)26-22(30)19-10-5-16(2)15-20(19)24/h5-10,15H,3-4,11-14H2,1-2H3,(H2,25,26,30,31). The molecule has 2 amide bonds. The number of anilines is 2. The highest BCUT2D eigenvalue weighted by Gasteiger charge is 2.20. The predicted molar refractivity (Wildman–Crippen MR) is 130 cm³/mol. The van der Waals surface area contributed by atoms with Crippen molar-refractivity contribution in [3.8, 4) is 0 Å². The first-order valence-corrected chi connectivity index (χ1v) is 11.2. The fourth-order valence-corrected chi connectivity index (χ4v) is 4.01. The third-order valence-corrected chi connectivity index (χ3v) is 5.70. The van der Waals surface area contributed by atoms with E-state index < -0.39 is 0 Å². The number of hydrogen-bond acceptors (Lipinski definition) is 4. The minimum absolute atomic E-state index is 0.206. The molecule has 1 heterocycles. The highest BCUT2D eigenvalue weighted by atomic mass is 35.5. The first-order chi connectivity index (χ1) is 14.9. The number of nitrogens with one attached hydrogen (secondary N) is 2. The summed E-state index contributed by atoms with van der Waals surface area (Å²) in [6, 6.07) is 13.1. The summed E-state index contributed by atoms with van der Waals surface area (Å²) in [6.07, 6.45) is 1.50. The number of piperazine rings is 1. The lowest BCUT2D eigenvalue weighted by atomic mass is 10.1. The molecule has 1 aliphatic rings. The van der Waals surface area contributed by atoms with Gasteiger partial charge in [-0.15, -0.1) is 0 Å². The zero-order valence-electron chi connectivity index (χ0n) is 17.8. The zero-order chi connectivity index (χ0) is 22.4. The second kappa shape index (κ2) is 10.6. The van der Waals surface area contributed by atoms with Crippen LogP contribution in [0.3, 0.4) is 0 Å². The van der Waals surface area contributed by atoms with Crippen molar-refractivity contribution in [2.45, 2.75) is 26.7 Å². The summed E-state index contributed by atoms with van der Waals surface area (Å²) in [7, 11) is 0. The van der Waals surface area contributed by atoms with Crippen LogP contribution in [-0.2, 0) is 4.79 Å². The highest BCUT2D eigenvalue weighted by Crippen LogP contribution is 2.20. The second-order valence-corrected chi connectivity index (χ2v) is 8.37. The lowest BCUT2D eigenvalue weighted by Gasteiger charge is -2.36. The van der Waals surface area contributed by atoms with Gasteiger partial charge in [0.05, 0.1) is 10.6 Å². The molecule has 2 aromatic rings. The molecule has 164 valence electrons. The Hall–Kier alpha value is -2.64. The molecule has 2 N–H and O–H groups in total. The van der Waals surface area contributed by atoms with E-state index in [4.69, 9.17) is 23.8 Å². The van der Waals surface area contributed by atoms with Gasteiger partial charge in [0.15, 0.2) is 5.11 Å². The monoisotopic (exact) mass is 458 g/mol. The largest absolute Gasteiger partial charge is 0.368 e. The van der Waals surface area contributed by atoms with E-state index in [1.54, 1.807) is 12.1 Å². The van der Waals surface area contributed by atoms with Crippen LogP contribution in [0.1, 0.15) is 35.7 Å². The smallest absolute Gasteiger partial charge is 0.258 e. The summed E-state index contributed by atoms with van der Waals surface area (Å²) in [5, 5.41) is 6.28. The van der Waals surface area contributed by atoms with Crippen LogP contribution in [0.2, 0.25) is 5.02 Å². The van der Waals surface area contributed by atoms with E-state index in [2.05, 4.69) is 15.5 Å². The summed E-state index contributed by atoms with van der Waals surface area (Å²) < 4.78 is 0. The average Bonchev–Trinajstić information content (AvgIpc) is 2.74. The van der Waals surface area contributed by atoms with E-state index >= 15 is 0 Å². The van der Waals surface area contributed by atoms with Crippen molar-refractivity contribution in [3.05, 3.63) is 58.6 Å². The Labute approximate surface area is 193 Å². The summed E-state index contributed by atoms with van der Waals surface area (Å²) in [5.41, 5.74) is 3.23. The molecule has 1 fully saturated rings. The molecule has 0 atom stereocenters. The molecule has 0 bridgehead atoms. The molecule has 0 aliphatic carbocycles. The van der Waals surface area contributed by atoms with Gasteiger partial charge in [0.1, 0.15) is 0 Å². The van der Waals surface area contributed by atoms with Gasteiger partial charge in [-0.1, -0.05) is 24.6 Å². The van der Waals surface area contributed by atoms with Gasteiger partial charge < -0.3 is 15.1 Å². The Morgan fingerprint density at radius 3 is 2.35 bits per heavy atom. The molecule has 3 rings (SSSR count). The molecule has 6 nitrogen and oxygen atoms in total. The van der Waals surface area contributed by atoms with E-state index in [0.717, 1.165) is 49.5 Å². The lowest BCUT2D eigenvalue weighted by molar-refractivity contribution is -0.131. The maximum Gasteiger partial charge on any atom is 0.258 e. The SMILES string of the molecule is CCCC(=O)N1CCN(c2ccc(NC(=S)NC(=O)c3ccc(C)cc3Cl)cc2)CC1. The van der Waals surface area contributed by atoms with Crippen molar-refractivity contribution < 1.29 is 9.59 Å². The summed E-state index contributed by atoms with van der Waals surface area (Å²) in [4.78, 5) is 28.6. The summed E-state index contributed by atoms with van der Waals surface area (Å²) in [6.45, 7) is 7.06. The quantitative estimate of drug-likeness (QED) is 0.656. The normalized spacial score (nSPS) is 13.6. The molecule has 0 spiro atoms. The van der Waals surface area contributed by atoms with Crippen LogP contribution in [0, 0.1) is 6.92 Å². The first-order valence-electron chi connectivity index (χ1n) is 10.4. The average molecular weight is 459 g/mol. The van der Waals surface area contributed by atoms with Crippen LogP contribution in [-0.4, -0.2) is 48.0 Å². The summed E-state index contributed by atoms with van der Waals surface area (Å²) >= 11 is 11.4. The number of halogens is 1. The van der Waals surface area contributed by atoms with E-state index in [1.165, 1.54) is 0 Å². The minimum atomic E-state index is -0.352. The van der Waals surface area contributed by atoms with Crippen LogP contribution >= 0.6 is 23.8 Å². The zero-order valence-corrected chi connectivity index (χ0v) is 19.4. The number of carbonyl (C=O) groups is 2. The molecular weight excluding hydrogens is 432 g/mol. The van der Waals surface area contributed by atoms with E-state index in [9.17, 15) is 9.59 Å². The van der Waals surface area contributed by atoms with Crippen molar-refractivity contribution in [2.24, 2.45) is 0 Å². The Morgan fingerprint density at radius 1 is 1.06 bits per heavy atom. The molecule has 0 aromatic heterocycles. The Morgan fingerprint density at radius 2 is 1.74 bits per heavy atom. The van der Waals surface area contributed by atoms with Crippen LogP contribution < -0.4 is 15.5 Å². The molecule has 0 radical (unpaired) electrons. The highest BCUT2D eigenvalue weighted by molar-refractivity contribution is 7.80. The summed E-state index contributed by atoms with van der Waals surface area (Å²) in [5.74, 6) is -0.112. The van der Waals surface area contributed by atoms with Gasteiger partial charge in [-0.2, -0.15) is 0 Å². The third-order valence-electron chi connectivity index (χ3n) is 5.18. The molecule has 0 unspecified atom stereocenters.